The van der Waals surface area contributed by atoms with Crippen molar-refractivity contribution in [3.8, 4) is 0 Å². The minimum Gasteiger partial charge on any atom is -0.455 e. The number of hydrogen-bond acceptors (Lipinski definition) is 8. The van der Waals surface area contributed by atoms with E-state index in [1.165, 1.54) is 22.5 Å². The molecule has 3 rings (SSSR count). The van der Waals surface area contributed by atoms with Gasteiger partial charge in [-0.05, 0) is 42.8 Å². The average molecular weight is 468 g/mol. The van der Waals surface area contributed by atoms with E-state index in [9.17, 15) is 28.1 Å². The van der Waals surface area contributed by atoms with Crippen molar-refractivity contribution in [1.82, 2.24) is 4.31 Å². The molecule has 0 bridgehead atoms. The smallest absolute Gasteiger partial charge is 0.309 e. The van der Waals surface area contributed by atoms with Crippen LogP contribution in [-0.4, -0.2) is 49.2 Å². The summed E-state index contributed by atoms with van der Waals surface area (Å²) in [7, 11) is -3.56. The van der Waals surface area contributed by atoms with Gasteiger partial charge in [0.1, 0.15) is 9.90 Å². The molecular formula is C19H21N3O7S2. The first-order valence-corrected chi connectivity index (χ1v) is 11.8. The monoisotopic (exact) mass is 467 g/mol. The Morgan fingerprint density at radius 2 is 2.00 bits per heavy atom. The van der Waals surface area contributed by atoms with Crippen LogP contribution in [0.2, 0.25) is 0 Å². The van der Waals surface area contributed by atoms with Gasteiger partial charge in [-0.1, -0.05) is 12.1 Å². The molecule has 0 radical (unpaired) electrons. The van der Waals surface area contributed by atoms with Crippen LogP contribution in [0.1, 0.15) is 18.4 Å². The second-order valence-corrected chi connectivity index (χ2v) is 10.2. The fraction of sp³-hybridized carbons (Fsp3) is 0.368. The third-order valence-electron chi connectivity index (χ3n) is 4.85. The van der Waals surface area contributed by atoms with Gasteiger partial charge < -0.3 is 10.1 Å². The highest BCUT2D eigenvalue weighted by molar-refractivity contribution is 7.91. The Morgan fingerprint density at radius 3 is 2.61 bits per heavy atom. The minimum absolute atomic E-state index is 0.0174. The number of sulfonamides is 1. The fourth-order valence-corrected chi connectivity index (χ4v) is 5.82. The lowest BCUT2D eigenvalue weighted by Crippen LogP contribution is -2.40. The number of nitro benzene ring substituents is 1. The largest absolute Gasteiger partial charge is 0.455 e. The molecule has 0 atom stereocenters. The van der Waals surface area contributed by atoms with E-state index in [4.69, 9.17) is 4.74 Å². The molecule has 1 aromatic heterocycles. The topological polar surface area (TPSA) is 136 Å². The van der Waals surface area contributed by atoms with E-state index >= 15 is 0 Å². The first-order valence-electron chi connectivity index (χ1n) is 9.43. The van der Waals surface area contributed by atoms with E-state index in [0.717, 1.165) is 11.3 Å². The number of piperidine rings is 1. The first-order chi connectivity index (χ1) is 14.7. The van der Waals surface area contributed by atoms with E-state index in [1.807, 2.05) is 0 Å². The molecule has 2 aromatic rings. The van der Waals surface area contributed by atoms with Crippen molar-refractivity contribution in [2.24, 2.45) is 5.92 Å². The zero-order chi connectivity index (χ0) is 22.6. The molecule has 0 saturated carbocycles. The summed E-state index contributed by atoms with van der Waals surface area (Å²) in [6.07, 6.45) is 0.572. The molecule has 0 aliphatic carbocycles. The quantitative estimate of drug-likeness (QED) is 0.375. The molecule has 1 saturated heterocycles. The number of amides is 1. The fourth-order valence-electron chi connectivity index (χ4n) is 3.21. The summed E-state index contributed by atoms with van der Waals surface area (Å²) in [5.74, 6) is -1.81. The van der Waals surface area contributed by atoms with Crippen LogP contribution >= 0.6 is 11.3 Å². The third kappa shape index (κ3) is 5.46. The van der Waals surface area contributed by atoms with Gasteiger partial charge in [0.2, 0.25) is 0 Å². The molecule has 1 aliphatic heterocycles. The average Bonchev–Trinajstić information content (AvgIpc) is 3.29. The molecule has 1 N–H and O–H groups in total. The number of anilines is 1. The second-order valence-electron chi connectivity index (χ2n) is 7.04. The van der Waals surface area contributed by atoms with Crippen LogP contribution in [0.4, 0.5) is 11.4 Å². The summed E-state index contributed by atoms with van der Waals surface area (Å²) in [6.45, 7) is 1.47. The number of aryl methyl sites for hydroxylation is 1. The highest BCUT2D eigenvalue weighted by atomic mass is 32.2. The van der Waals surface area contributed by atoms with E-state index in [-0.39, 0.29) is 41.5 Å². The Labute approximate surface area is 183 Å². The van der Waals surface area contributed by atoms with Crippen LogP contribution in [0.25, 0.3) is 0 Å². The van der Waals surface area contributed by atoms with Crippen LogP contribution < -0.4 is 5.32 Å². The number of esters is 1. The summed E-state index contributed by atoms with van der Waals surface area (Å²) < 4.78 is 31.7. The van der Waals surface area contributed by atoms with E-state index < -0.39 is 39.3 Å². The predicted octanol–water partition coefficient (Wildman–Crippen LogP) is 2.55. The van der Waals surface area contributed by atoms with Crippen molar-refractivity contribution < 1.29 is 27.7 Å². The van der Waals surface area contributed by atoms with Gasteiger partial charge in [0.25, 0.3) is 21.6 Å². The molecular weight excluding hydrogens is 446 g/mol. The lowest BCUT2D eigenvalue weighted by molar-refractivity contribution is -0.384. The lowest BCUT2D eigenvalue weighted by atomic mass is 9.98. The van der Waals surface area contributed by atoms with E-state index in [0.29, 0.717) is 5.56 Å². The van der Waals surface area contributed by atoms with Gasteiger partial charge in [-0.2, -0.15) is 4.31 Å². The van der Waals surface area contributed by atoms with Crippen LogP contribution in [-0.2, 0) is 24.3 Å². The van der Waals surface area contributed by atoms with Gasteiger partial charge in [0, 0.05) is 19.2 Å². The van der Waals surface area contributed by atoms with Gasteiger partial charge in [-0.15, -0.1) is 11.3 Å². The van der Waals surface area contributed by atoms with Gasteiger partial charge >= 0.3 is 5.97 Å². The molecule has 166 valence electrons. The Morgan fingerprint density at radius 1 is 1.29 bits per heavy atom. The van der Waals surface area contributed by atoms with Gasteiger partial charge in [-0.3, -0.25) is 19.7 Å². The molecule has 1 aromatic carbocycles. The van der Waals surface area contributed by atoms with Crippen LogP contribution in [0.5, 0.6) is 0 Å². The van der Waals surface area contributed by atoms with Crippen LogP contribution in [0, 0.1) is 23.0 Å². The number of nitrogens with zero attached hydrogens (tertiary/aromatic N) is 2. The van der Waals surface area contributed by atoms with Crippen LogP contribution in [0.15, 0.2) is 39.9 Å². The van der Waals surface area contributed by atoms with Gasteiger partial charge in [0.15, 0.2) is 6.61 Å². The predicted molar refractivity (Wildman–Crippen MR) is 113 cm³/mol. The molecule has 0 spiro atoms. The van der Waals surface area contributed by atoms with Crippen molar-refractivity contribution in [3.05, 3.63) is 51.4 Å². The highest BCUT2D eigenvalue weighted by Gasteiger charge is 2.33. The number of carbonyl (C=O) groups excluding carboxylic acids is 2. The number of rotatable bonds is 7. The van der Waals surface area contributed by atoms with Crippen molar-refractivity contribution >= 4 is 44.6 Å². The zero-order valence-electron chi connectivity index (χ0n) is 16.6. The molecule has 1 fully saturated rings. The first kappa shape index (κ1) is 22.8. The zero-order valence-corrected chi connectivity index (χ0v) is 18.3. The SMILES string of the molecule is Cc1ccc(NC(=O)COC(=O)C2CCN(S(=O)(=O)c3cccs3)CC2)c([N+](=O)[O-])c1. The molecule has 1 amide bonds. The maximum absolute atomic E-state index is 12.5. The number of benzene rings is 1. The van der Waals surface area contributed by atoms with Crippen molar-refractivity contribution in [2.45, 2.75) is 24.0 Å². The number of carbonyl (C=O) groups is 2. The molecule has 10 nitrogen and oxygen atoms in total. The molecule has 1 aliphatic rings. The normalized spacial score (nSPS) is 15.4. The summed E-state index contributed by atoms with van der Waals surface area (Å²) in [5.41, 5.74) is 0.436. The van der Waals surface area contributed by atoms with Crippen molar-refractivity contribution in [1.29, 1.82) is 0 Å². The van der Waals surface area contributed by atoms with Gasteiger partial charge in [-0.25, -0.2) is 8.42 Å². The van der Waals surface area contributed by atoms with E-state index in [2.05, 4.69) is 5.32 Å². The number of ether oxygens (including phenoxy) is 1. The molecule has 31 heavy (non-hydrogen) atoms. The van der Waals surface area contributed by atoms with Crippen LogP contribution in [0.3, 0.4) is 0 Å². The second kappa shape index (κ2) is 9.54. The van der Waals surface area contributed by atoms with Crippen molar-refractivity contribution in [2.75, 3.05) is 25.0 Å². The molecule has 2 heterocycles. The third-order valence-corrected chi connectivity index (χ3v) is 8.12. The lowest BCUT2D eigenvalue weighted by Gasteiger charge is -2.29. The Balaban J connectivity index is 1.50. The number of thiophene rings is 1. The Bertz CT molecular complexity index is 1080. The number of nitro groups is 1. The van der Waals surface area contributed by atoms with E-state index in [1.54, 1.807) is 24.4 Å². The maximum Gasteiger partial charge on any atom is 0.309 e. The summed E-state index contributed by atoms with van der Waals surface area (Å²) >= 11 is 1.14. The Kier molecular flexibility index (Phi) is 7.03. The highest BCUT2D eigenvalue weighted by Crippen LogP contribution is 2.27. The standard InChI is InChI=1S/C19H21N3O7S2/c1-13-4-5-15(16(11-13)22(25)26)20-17(23)12-29-19(24)14-6-8-21(9-7-14)31(27,28)18-3-2-10-30-18/h2-5,10-11,14H,6-9,12H2,1H3,(H,20,23). The molecule has 0 unspecified atom stereocenters. The summed E-state index contributed by atoms with van der Waals surface area (Å²) in [5, 5.41) is 15.2. The van der Waals surface area contributed by atoms with Gasteiger partial charge in [0.05, 0.1) is 10.8 Å². The Hall–Kier alpha value is -2.83. The summed E-state index contributed by atoms with van der Waals surface area (Å²) in [4.78, 5) is 34.9. The summed E-state index contributed by atoms with van der Waals surface area (Å²) in [6, 6.07) is 7.57. The van der Waals surface area contributed by atoms with Crippen molar-refractivity contribution in [3.63, 3.8) is 0 Å². The minimum atomic E-state index is -3.56. The molecule has 12 heteroatoms. The maximum atomic E-state index is 12.5. The number of nitrogens with one attached hydrogen (secondary N) is 1. The number of hydrogen-bond donors (Lipinski definition) is 1.